The van der Waals surface area contributed by atoms with E-state index in [4.69, 9.17) is 0 Å². The van der Waals surface area contributed by atoms with Crippen LogP contribution in [0.3, 0.4) is 0 Å². The zero-order valence-corrected chi connectivity index (χ0v) is 21.5. The van der Waals surface area contributed by atoms with Gasteiger partial charge in [0, 0.05) is 7.05 Å². The Labute approximate surface area is 206 Å². The van der Waals surface area contributed by atoms with Gasteiger partial charge in [-0.2, -0.15) is 0 Å². The highest BCUT2D eigenvalue weighted by Crippen LogP contribution is 2.22. The molecule has 1 atom stereocenters. The molecule has 1 unspecified atom stereocenters. The van der Waals surface area contributed by atoms with Gasteiger partial charge in [0.15, 0.2) is 5.78 Å². The van der Waals surface area contributed by atoms with Gasteiger partial charge in [0.1, 0.15) is 12.0 Å². The molecular formula is C29H43NO4. The Morgan fingerprint density at radius 2 is 1.85 bits per heavy atom. The lowest BCUT2D eigenvalue weighted by Gasteiger charge is -2.07. The fourth-order valence-corrected chi connectivity index (χ4v) is 2.64. The Balaban J connectivity index is 0. The number of carbonyl (C=O) groups excluding carboxylic acids is 2. The van der Waals surface area contributed by atoms with Gasteiger partial charge in [-0.1, -0.05) is 74.6 Å². The topological polar surface area (TPSA) is 86.6 Å². The Bertz CT molecular complexity index is 819. The summed E-state index contributed by atoms with van der Waals surface area (Å²) in [6, 6.07) is 5.15. The molecule has 34 heavy (non-hydrogen) atoms. The molecule has 0 saturated heterocycles. The molecule has 0 aliphatic carbocycles. The number of aliphatic hydroxyl groups excluding tert-OH is 1. The van der Waals surface area contributed by atoms with Gasteiger partial charge >= 0.3 is 0 Å². The van der Waals surface area contributed by atoms with E-state index in [1.165, 1.54) is 19.1 Å². The van der Waals surface area contributed by atoms with Gasteiger partial charge in [0.05, 0.1) is 11.7 Å². The monoisotopic (exact) mass is 469 g/mol. The lowest BCUT2D eigenvalue weighted by atomic mass is 10.0. The highest BCUT2D eigenvalue weighted by atomic mass is 16.3. The molecule has 0 amide bonds. The van der Waals surface area contributed by atoms with E-state index >= 15 is 0 Å². The molecule has 0 aliphatic heterocycles. The van der Waals surface area contributed by atoms with Gasteiger partial charge in [0.25, 0.3) is 0 Å². The van der Waals surface area contributed by atoms with Gasteiger partial charge in [-0.05, 0) is 69.9 Å². The Morgan fingerprint density at radius 1 is 1.15 bits per heavy atom. The lowest BCUT2D eigenvalue weighted by Crippen LogP contribution is -2.04. The van der Waals surface area contributed by atoms with Gasteiger partial charge in [-0.3, -0.25) is 9.59 Å². The molecule has 5 nitrogen and oxygen atoms in total. The highest BCUT2D eigenvalue weighted by Gasteiger charge is 2.10. The van der Waals surface area contributed by atoms with Gasteiger partial charge in [-0.15, -0.1) is 0 Å². The van der Waals surface area contributed by atoms with Crippen LogP contribution >= 0.6 is 0 Å². The maximum atomic E-state index is 11.3. The number of Topliss-reactive ketones (excluding diaryl/α,β-unsaturated/α-hetero) is 1. The molecule has 0 aromatic heterocycles. The Morgan fingerprint density at radius 3 is 2.38 bits per heavy atom. The second-order valence-corrected chi connectivity index (χ2v) is 7.41. The van der Waals surface area contributed by atoms with Crippen LogP contribution in [0.25, 0.3) is 0 Å². The second-order valence-electron chi connectivity index (χ2n) is 7.41. The number of aliphatic hydroxyl groups is 1. The molecule has 0 bridgehead atoms. The molecule has 0 radical (unpaired) electrons. The van der Waals surface area contributed by atoms with Crippen molar-refractivity contribution < 1.29 is 19.8 Å². The predicted octanol–water partition coefficient (Wildman–Crippen LogP) is 6.25. The van der Waals surface area contributed by atoms with Crippen LogP contribution < -0.4 is 5.32 Å². The molecule has 0 fully saturated rings. The molecule has 1 aromatic carbocycles. The number of phenolic OH excluding ortho intramolecular Hbond substituents is 1. The standard InChI is InChI=1S/C12H14O2.C10H19NO.C7H10O/c1-3-4-6-10-7-5-8-11(14)12(10)9(2)13;1-4-10(12)8-9(2)6-5-7-11-3;1-2-3-4-5-6-7-8/h3-5,7-8,14H,6H2,1-2H3;5,7,10-12H,2,4,6,8H2,1,3H3;3-7H,2H2,1H3/b4-3+;7-5+;4-3-,6-5-. The van der Waals surface area contributed by atoms with E-state index < -0.39 is 0 Å². The third-order valence-corrected chi connectivity index (χ3v) is 4.41. The number of hydrogen-bond acceptors (Lipinski definition) is 5. The van der Waals surface area contributed by atoms with Crippen molar-refractivity contribution in [3.8, 4) is 5.75 Å². The average molecular weight is 470 g/mol. The summed E-state index contributed by atoms with van der Waals surface area (Å²) in [5.41, 5.74) is 2.39. The molecule has 3 N–H and O–H groups in total. The summed E-state index contributed by atoms with van der Waals surface area (Å²) >= 11 is 0. The zero-order valence-electron chi connectivity index (χ0n) is 21.5. The highest BCUT2D eigenvalue weighted by molar-refractivity contribution is 5.98. The first-order valence-electron chi connectivity index (χ1n) is 11.7. The SMILES string of the molecule is C/C=C/Cc1cccc(O)c1C(C)=O.C=C(C/C=C/NC)CC(O)CC.CC/C=C\C=C/C=O. The van der Waals surface area contributed by atoms with Crippen LogP contribution in [0.15, 0.2) is 79.1 Å². The van der Waals surface area contributed by atoms with Crippen molar-refractivity contribution in [3.63, 3.8) is 0 Å². The minimum Gasteiger partial charge on any atom is -0.507 e. The van der Waals surface area contributed by atoms with Crippen molar-refractivity contribution in [2.24, 2.45) is 0 Å². The third-order valence-electron chi connectivity index (χ3n) is 4.41. The number of aldehydes is 1. The number of aromatic hydroxyl groups is 1. The first-order chi connectivity index (χ1) is 16.3. The summed E-state index contributed by atoms with van der Waals surface area (Å²) in [6.45, 7) is 11.3. The van der Waals surface area contributed by atoms with E-state index in [1.807, 2.05) is 70.5 Å². The summed E-state index contributed by atoms with van der Waals surface area (Å²) < 4.78 is 0. The average Bonchev–Trinajstić information content (AvgIpc) is 2.81. The third kappa shape index (κ3) is 18.4. The van der Waals surface area contributed by atoms with E-state index in [2.05, 4.69) is 11.9 Å². The van der Waals surface area contributed by atoms with Crippen molar-refractivity contribution in [2.75, 3.05) is 7.05 Å². The summed E-state index contributed by atoms with van der Waals surface area (Å²) in [4.78, 5) is 20.9. The van der Waals surface area contributed by atoms with Crippen molar-refractivity contribution in [1.82, 2.24) is 5.32 Å². The first kappa shape index (κ1) is 33.0. The summed E-state index contributed by atoms with van der Waals surface area (Å²) in [6.07, 6.45) is 19.4. The van der Waals surface area contributed by atoms with Crippen molar-refractivity contribution in [1.29, 1.82) is 0 Å². The van der Waals surface area contributed by atoms with Crippen LogP contribution in [-0.4, -0.2) is 35.4 Å². The largest absolute Gasteiger partial charge is 0.507 e. The van der Waals surface area contributed by atoms with E-state index in [-0.39, 0.29) is 17.6 Å². The summed E-state index contributed by atoms with van der Waals surface area (Å²) in [5, 5.41) is 21.7. The predicted molar refractivity (Wildman–Crippen MR) is 144 cm³/mol. The molecule has 1 aromatic rings. The van der Waals surface area contributed by atoms with Crippen LogP contribution in [0, 0.1) is 0 Å². The Kier molecular flexibility index (Phi) is 22.3. The number of phenols is 1. The van der Waals surface area contributed by atoms with Crippen LogP contribution in [0.5, 0.6) is 5.75 Å². The molecule has 0 heterocycles. The zero-order chi connectivity index (χ0) is 26.2. The number of ketones is 1. The van der Waals surface area contributed by atoms with Crippen LogP contribution in [0.2, 0.25) is 0 Å². The molecule has 0 aliphatic rings. The van der Waals surface area contributed by atoms with Crippen LogP contribution in [0.1, 0.15) is 69.3 Å². The molecule has 0 spiro atoms. The van der Waals surface area contributed by atoms with E-state index in [0.29, 0.717) is 18.4 Å². The first-order valence-corrected chi connectivity index (χ1v) is 11.7. The maximum absolute atomic E-state index is 11.3. The fraction of sp³-hybridized carbons (Fsp3) is 0.379. The van der Waals surface area contributed by atoms with E-state index in [0.717, 1.165) is 36.7 Å². The minimum atomic E-state index is -0.222. The smallest absolute Gasteiger partial charge is 0.163 e. The summed E-state index contributed by atoms with van der Waals surface area (Å²) in [5.74, 6) is -0.0258. The van der Waals surface area contributed by atoms with Crippen molar-refractivity contribution >= 4 is 12.1 Å². The molecular weight excluding hydrogens is 426 g/mol. The maximum Gasteiger partial charge on any atom is 0.163 e. The van der Waals surface area contributed by atoms with Crippen molar-refractivity contribution in [3.05, 3.63) is 90.2 Å². The van der Waals surface area contributed by atoms with E-state index in [1.54, 1.807) is 12.1 Å². The number of rotatable bonds is 12. The minimum absolute atomic E-state index is 0.0690. The van der Waals surface area contributed by atoms with Gasteiger partial charge in [0.2, 0.25) is 0 Å². The summed E-state index contributed by atoms with van der Waals surface area (Å²) in [7, 11) is 1.86. The van der Waals surface area contributed by atoms with Crippen LogP contribution in [-0.2, 0) is 11.2 Å². The molecule has 188 valence electrons. The number of allylic oxidation sites excluding steroid dienone is 7. The number of carbonyl (C=O) groups is 2. The van der Waals surface area contributed by atoms with Crippen LogP contribution in [0.4, 0.5) is 0 Å². The molecule has 5 heteroatoms. The van der Waals surface area contributed by atoms with E-state index in [9.17, 15) is 19.8 Å². The molecule has 1 rings (SSSR count). The Hall–Kier alpha value is -3.18. The van der Waals surface area contributed by atoms with Gasteiger partial charge in [-0.25, -0.2) is 0 Å². The second kappa shape index (κ2) is 23.0. The molecule has 0 saturated carbocycles. The normalized spacial score (nSPS) is 11.7. The quantitative estimate of drug-likeness (QED) is 0.111. The number of hydrogen-bond donors (Lipinski definition) is 3. The number of benzene rings is 1. The lowest BCUT2D eigenvalue weighted by molar-refractivity contribution is -0.104. The van der Waals surface area contributed by atoms with Crippen molar-refractivity contribution in [2.45, 2.75) is 65.9 Å². The number of nitrogens with one attached hydrogen (secondary N) is 1. The fourth-order valence-electron chi connectivity index (χ4n) is 2.64. The van der Waals surface area contributed by atoms with Gasteiger partial charge < -0.3 is 15.5 Å².